The highest BCUT2D eigenvalue weighted by atomic mass is 28.4. The number of aliphatic hydroxyl groups is 2. The molecule has 0 bridgehead atoms. The first kappa shape index (κ1) is 19.9. The molecule has 25 heavy (non-hydrogen) atoms. The van der Waals surface area contributed by atoms with Crippen molar-refractivity contribution in [1.29, 1.82) is 0 Å². The van der Waals surface area contributed by atoms with Crippen LogP contribution in [0.3, 0.4) is 0 Å². The van der Waals surface area contributed by atoms with E-state index < -0.39 is 20.0 Å². The molecule has 3 nitrogen and oxygen atoms in total. The topological polar surface area (TPSA) is 49.7 Å². The molecule has 2 N–H and O–H groups in total. The second-order valence-corrected chi connectivity index (χ2v) is 12.4. The number of hydrogen-bond donors (Lipinski definition) is 2. The van der Waals surface area contributed by atoms with Gasteiger partial charge in [0.15, 0.2) is 0 Å². The lowest BCUT2D eigenvalue weighted by molar-refractivity contribution is -0.0616. The maximum Gasteiger partial charge on any atom is 0.261 e. The van der Waals surface area contributed by atoms with Gasteiger partial charge in [0.25, 0.3) is 8.32 Å². The van der Waals surface area contributed by atoms with Crippen molar-refractivity contribution in [3.8, 4) is 0 Å². The van der Waals surface area contributed by atoms with Crippen molar-refractivity contribution in [2.24, 2.45) is 0 Å². The quantitative estimate of drug-likeness (QED) is 0.781. The van der Waals surface area contributed by atoms with Crippen molar-refractivity contribution < 1.29 is 14.6 Å². The summed E-state index contributed by atoms with van der Waals surface area (Å²) in [6.45, 7) is 9.68. The Kier molecular flexibility index (Phi) is 5.89. The molecule has 2 rings (SSSR count). The second kappa shape index (κ2) is 7.42. The first-order valence-corrected chi connectivity index (χ1v) is 10.7. The number of aliphatic hydroxyl groups excluding tert-OH is 1. The highest BCUT2D eigenvalue weighted by molar-refractivity contribution is 6.99. The lowest BCUT2D eigenvalue weighted by Gasteiger charge is -2.46. The van der Waals surface area contributed by atoms with Crippen LogP contribution in [-0.2, 0) is 4.43 Å². The highest BCUT2D eigenvalue weighted by Gasteiger charge is 2.52. The molecule has 1 atom stereocenters. The monoisotopic (exact) mass is 358 g/mol. The summed E-state index contributed by atoms with van der Waals surface area (Å²) < 4.78 is 6.73. The van der Waals surface area contributed by atoms with Crippen molar-refractivity contribution >= 4 is 18.7 Å². The van der Waals surface area contributed by atoms with Crippen molar-refractivity contribution in [3.63, 3.8) is 0 Å². The molecule has 0 saturated carbocycles. The standard InChI is InChI=1S/C21H30O3Si/c1-20(2,3)25(17-12-8-6-9-13-17,18-14-10-7-11-15-18)24-19(16-22)21(4,5)23/h6-15,19,22-23H,16H2,1-5H3/t19-/m1/s1. The third-order valence-electron chi connectivity index (χ3n) is 4.69. The Morgan fingerprint density at radius 3 is 1.52 bits per heavy atom. The molecule has 0 heterocycles. The summed E-state index contributed by atoms with van der Waals surface area (Å²) in [5.41, 5.74) is -1.14. The summed E-state index contributed by atoms with van der Waals surface area (Å²) in [6, 6.07) is 20.5. The molecule has 0 aliphatic carbocycles. The van der Waals surface area contributed by atoms with Crippen LogP contribution in [0.1, 0.15) is 34.6 Å². The fourth-order valence-electron chi connectivity index (χ4n) is 3.31. The van der Waals surface area contributed by atoms with Crippen LogP contribution in [0.25, 0.3) is 0 Å². The van der Waals surface area contributed by atoms with Gasteiger partial charge in [0.1, 0.15) is 0 Å². The van der Waals surface area contributed by atoms with E-state index in [9.17, 15) is 10.2 Å². The minimum absolute atomic E-state index is 0.186. The van der Waals surface area contributed by atoms with Gasteiger partial charge < -0.3 is 14.6 Å². The van der Waals surface area contributed by atoms with Gasteiger partial charge in [-0.25, -0.2) is 0 Å². The van der Waals surface area contributed by atoms with Crippen LogP contribution in [0.2, 0.25) is 5.04 Å². The van der Waals surface area contributed by atoms with E-state index in [0.29, 0.717) is 0 Å². The number of hydrogen-bond acceptors (Lipinski definition) is 3. The molecule has 0 aromatic heterocycles. The molecule has 0 aliphatic rings. The summed E-state index contributed by atoms with van der Waals surface area (Å²) >= 11 is 0. The molecule has 4 heteroatoms. The molecule has 2 aromatic carbocycles. The minimum Gasteiger partial charge on any atom is -0.399 e. The highest BCUT2D eigenvalue weighted by Crippen LogP contribution is 2.38. The van der Waals surface area contributed by atoms with Gasteiger partial charge >= 0.3 is 0 Å². The van der Waals surface area contributed by atoms with Crippen molar-refractivity contribution in [2.75, 3.05) is 6.61 Å². The van der Waals surface area contributed by atoms with Gasteiger partial charge in [0.05, 0.1) is 18.3 Å². The van der Waals surface area contributed by atoms with E-state index in [1.807, 2.05) is 36.4 Å². The van der Waals surface area contributed by atoms with Crippen molar-refractivity contribution in [3.05, 3.63) is 60.7 Å². The Morgan fingerprint density at radius 2 is 1.24 bits per heavy atom. The summed E-state index contributed by atoms with van der Waals surface area (Å²) in [7, 11) is -2.76. The number of rotatable bonds is 6. The SMILES string of the molecule is CC(C)(O)[C@@H](CO)O[Si](c1ccccc1)(c1ccccc1)C(C)(C)C. The molecule has 0 aliphatic heterocycles. The zero-order valence-electron chi connectivity index (χ0n) is 15.9. The molecule has 0 amide bonds. The fourth-order valence-corrected chi connectivity index (χ4v) is 8.11. The largest absolute Gasteiger partial charge is 0.399 e. The van der Waals surface area contributed by atoms with Gasteiger partial charge in [-0.3, -0.25) is 0 Å². The summed E-state index contributed by atoms with van der Waals surface area (Å²) in [6.07, 6.45) is -0.668. The summed E-state index contributed by atoms with van der Waals surface area (Å²) in [5.74, 6) is 0. The molecule has 0 unspecified atom stereocenters. The van der Waals surface area contributed by atoms with E-state index >= 15 is 0 Å². The first-order chi connectivity index (χ1) is 11.6. The zero-order chi connectivity index (χ0) is 18.7. The molecule has 0 spiro atoms. The van der Waals surface area contributed by atoms with Crippen LogP contribution in [0.5, 0.6) is 0 Å². The molecule has 0 fully saturated rings. The molecular weight excluding hydrogens is 328 g/mol. The molecular formula is C21H30O3Si. The van der Waals surface area contributed by atoms with Gasteiger partial charge in [-0.05, 0) is 29.3 Å². The molecule has 0 radical (unpaired) electrons. The van der Waals surface area contributed by atoms with Crippen LogP contribution < -0.4 is 10.4 Å². The predicted molar refractivity (Wildman–Crippen MR) is 106 cm³/mol. The normalized spacial score (nSPS) is 14.4. The Hall–Kier alpha value is -1.46. The van der Waals surface area contributed by atoms with E-state index in [4.69, 9.17) is 4.43 Å². The molecule has 2 aromatic rings. The van der Waals surface area contributed by atoms with Gasteiger partial charge in [-0.2, -0.15) is 0 Å². The lowest BCUT2D eigenvalue weighted by atomic mass is 10.0. The van der Waals surface area contributed by atoms with E-state index in [0.717, 1.165) is 10.4 Å². The Balaban J connectivity index is 2.73. The van der Waals surface area contributed by atoms with E-state index in [-0.39, 0.29) is 11.6 Å². The van der Waals surface area contributed by atoms with Crippen LogP contribution in [0, 0.1) is 0 Å². The Morgan fingerprint density at radius 1 is 0.840 bits per heavy atom. The first-order valence-electron chi connectivity index (χ1n) is 8.75. The summed E-state index contributed by atoms with van der Waals surface area (Å²) in [4.78, 5) is 0. The third-order valence-corrected chi connectivity index (χ3v) is 9.73. The van der Waals surface area contributed by atoms with Crippen molar-refractivity contribution in [2.45, 2.75) is 51.4 Å². The fraction of sp³-hybridized carbons (Fsp3) is 0.429. The number of benzene rings is 2. The van der Waals surface area contributed by atoms with Gasteiger partial charge in [-0.1, -0.05) is 81.4 Å². The lowest BCUT2D eigenvalue weighted by Crippen LogP contribution is -2.69. The van der Waals surface area contributed by atoms with Crippen LogP contribution in [-0.4, -0.2) is 36.8 Å². The third kappa shape index (κ3) is 4.03. The van der Waals surface area contributed by atoms with Crippen LogP contribution >= 0.6 is 0 Å². The maximum atomic E-state index is 10.5. The molecule has 0 saturated heterocycles. The predicted octanol–water partition coefficient (Wildman–Crippen LogP) is 2.69. The second-order valence-electron chi connectivity index (χ2n) is 8.11. The Labute approximate surface area is 152 Å². The minimum atomic E-state index is -2.76. The smallest absolute Gasteiger partial charge is 0.261 e. The maximum absolute atomic E-state index is 10.5. The Bertz CT molecular complexity index is 618. The van der Waals surface area contributed by atoms with Gasteiger partial charge in [0, 0.05) is 0 Å². The van der Waals surface area contributed by atoms with E-state index in [1.54, 1.807) is 13.8 Å². The average molecular weight is 359 g/mol. The van der Waals surface area contributed by atoms with Gasteiger partial charge in [0.2, 0.25) is 0 Å². The zero-order valence-corrected chi connectivity index (χ0v) is 16.9. The average Bonchev–Trinajstić information content (AvgIpc) is 2.55. The van der Waals surface area contributed by atoms with E-state index in [1.165, 1.54) is 0 Å². The van der Waals surface area contributed by atoms with Gasteiger partial charge in [-0.15, -0.1) is 0 Å². The van der Waals surface area contributed by atoms with Crippen LogP contribution in [0.4, 0.5) is 0 Å². The van der Waals surface area contributed by atoms with Crippen molar-refractivity contribution in [1.82, 2.24) is 0 Å². The van der Waals surface area contributed by atoms with E-state index in [2.05, 4.69) is 45.0 Å². The molecule has 136 valence electrons. The van der Waals surface area contributed by atoms with Crippen LogP contribution in [0.15, 0.2) is 60.7 Å². The summed E-state index contributed by atoms with van der Waals surface area (Å²) in [5, 5.41) is 22.5.